The number of oxazole rings is 1. The van der Waals surface area contributed by atoms with Crippen LogP contribution in [0.25, 0.3) is 0 Å². The largest absolute Gasteiger partial charge is 0.461 e. The Morgan fingerprint density at radius 3 is 2.89 bits per heavy atom. The molecule has 0 spiro atoms. The normalized spacial score (nSPS) is 18.6. The van der Waals surface area contributed by atoms with Crippen LogP contribution in [0.15, 0.2) is 10.7 Å². The van der Waals surface area contributed by atoms with Gasteiger partial charge < -0.3 is 14.3 Å². The fraction of sp³-hybridized carbons (Fsp3) is 0.692. The molecule has 0 bridgehead atoms. The summed E-state index contributed by atoms with van der Waals surface area (Å²) in [6.45, 7) is 2.05. The van der Waals surface area contributed by atoms with Crippen LogP contribution in [-0.2, 0) is 11.2 Å². The third kappa shape index (κ3) is 3.10. The van der Waals surface area contributed by atoms with Gasteiger partial charge in [-0.3, -0.25) is 0 Å². The average molecular weight is 253 g/mol. The lowest BCUT2D eigenvalue weighted by atomic mass is 9.82. The predicted molar refractivity (Wildman–Crippen MR) is 64.2 cm³/mol. The molecule has 5 heteroatoms. The van der Waals surface area contributed by atoms with Crippen LogP contribution in [0.5, 0.6) is 0 Å². The molecular weight excluding hydrogens is 234 g/mol. The van der Waals surface area contributed by atoms with Gasteiger partial charge >= 0.3 is 5.97 Å². The van der Waals surface area contributed by atoms with E-state index < -0.39 is 11.6 Å². The Labute approximate surface area is 106 Å². The molecule has 18 heavy (non-hydrogen) atoms. The Morgan fingerprint density at radius 1 is 1.50 bits per heavy atom. The molecular formula is C13H19NO4. The summed E-state index contributed by atoms with van der Waals surface area (Å²) in [6.07, 6.45) is 6.42. The number of hydrogen-bond acceptors (Lipinski definition) is 5. The van der Waals surface area contributed by atoms with Crippen LogP contribution in [-0.4, -0.2) is 28.3 Å². The van der Waals surface area contributed by atoms with Gasteiger partial charge in [0.05, 0.1) is 18.6 Å². The number of aromatic nitrogens is 1. The molecule has 1 aromatic heterocycles. The van der Waals surface area contributed by atoms with Gasteiger partial charge in [0.25, 0.3) is 0 Å². The van der Waals surface area contributed by atoms with E-state index in [-0.39, 0.29) is 5.69 Å². The van der Waals surface area contributed by atoms with Crippen molar-refractivity contribution in [3.63, 3.8) is 0 Å². The number of rotatable bonds is 4. The zero-order valence-corrected chi connectivity index (χ0v) is 10.6. The van der Waals surface area contributed by atoms with Crippen molar-refractivity contribution < 1.29 is 19.1 Å². The first kappa shape index (κ1) is 13.1. The molecule has 0 aromatic carbocycles. The summed E-state index contributed by atoms with van der Waals surface area (Å²) in [5.74, 6) is -0.0782. The van der Waals surface area contributed by atoms with E-state index in [1.54, 1.807) is 6.92 Å². The molecule has 1 aromatic rings. The van der Waals surface area contributed by atoms with Gasteiger partial charge in [0.15, 0.2) is 11.6 Å². The lowest BCUT2D eigenvalue weighted by Gasteiger charge is -2.30. The fourth-order valence-corrected chi connectivity index (χ4v) is 2.36. The lowest BCUT2D eigenvalue weighted by Crippen LogP contribution is -2.33. The Morgan fingerprint density at radius 2 is 2.22 bits per heavy atom. The standard InChI is InChI=1S/C13H19NO4/c1-2-17-12(15)10-9-18-11(14-10)8-13(16)6-4-3-5-7-13/h9,16H,2-8H2,1H3. The van der Waals surface area contributed by atoms with Gasteiger partial charge in [-0.2, -0.15) is 0 Å². The Hall–Kier alpha value is -1.36. The summed E-state index contributed by atoms with van der Waals surface area (Å²) in [5, 5.41) is 10.4. The predicted octanol–water partition coefficient (Wildman–Crippen LogP) is 2.09. The topological polar surface area (TPSA) is 72.6 Å². The zero-order chi connectivity index (χ0) is 13.0. The summed E-state index contributed by atoms with van der Waals surface area (Å²) in [7, 11) is 0. The van der Waals surface area contributed by atoms with Gasteiger partial charge in [-0.05, 0) is 19.8 Å². The highest BCUT2D eigenvalue weighted by Gasteiger charge is 2.31. The van der Waals surface area contributed by atoms with Crippen LogP contribution >= 0.6 is 0 Å². The number of esters is 1. The molecule has 5 nitrogen and oxygen atoms in total. The Bertz CT molecular complexity index is 407. The average Bonchev–Trinajstić information content (AvgIpc) is 2.78. The molecule has 2 rings (SSSR count). The summed E-state index contributed by atoms with van der Waals surface area (Å²) in [6, 6.07) is 0. The molecule has 0 unspecified atom stereocenters. The van der Waals surface area contributed by atoms with Gasteiger partial charge in [-0.25, -0.2) is 9.78 Å². The van der Waals surface area contributed by atoms with Gasteiger partial charge in [-0.15, -0.1) is 0 Å². The van der Waals surface area contributed by atoms with Crippen molar-refractivity contribution in [3.8, 4) is 0 Å². The monoisotopic (exact) mass is 253 g/mol. The minimum absolute atomic E-state index is 0.172. The maximum atomic E-state index is 11.4. The second-order valence-electron chi connectivity index (χ2n) is 4.81. The van der Waals surface area contributed by atoms with E-state index in [4.69, 9.17) is 9.15 Å². The summed E-state index contributed by atoms with van der Waals surface area (Å²) >= 11 is 0. The van der Waals surface area contributed by atoms with Crippen molar-refractivity contribution in [2.24, 2.45) is 0 Å². The fourth-order valence-electron chi connectivity index (χ4n) is 2.36. The summed E-state index contributed by atoms with van der Waals surface area (Å²) in [4.78, 5) is 15.5. The molecule has 1 heterocycles. The van der Waals surface area contributed by atoms with E-state index in [1.165, 1.54) is 12.7 Å². The molecule has 1 aliphatic carbocycles. The van der Waals surface area contributed by atoms with Crippen LogP contribution in [0.4, 0.5) is 0 Å². The van der Waals surface area contributed by atoms with Crippen molar-refractivity contribution in [2.45, 2.75) is 51.0 Å². The highest BCUT2D eigenvalue weighted by atomic mass is 16.5. The van der Waals surface area contributed by atoms with E-state index >= 15 is 0 Å². The maximum Gasteiger partial charge on any atom is 0.360 e. The van der Waals surface area contributed by atoms with E-state index in [0.717, 1.165) is 25.7 Å². The first-order chi connectivity index (χ1) is 8.63. The molecule has 100 valence electrons. The van der Waals surface area contributed by atoms with Crippen molar-refractivity contribution in [3.05, 3.63) is 17.8 Å². The summed E-state index contributed by atoms with van der Waals surface area (Å²) in [5.41, 5.74) is -0.555. The number of hydrogen-bond donors (Lipinski definition) is 1. The van der Waals surface area contributed by atoms with Gasteiger partial charge in [-0.1, -0.05) is 19.3 Å². The van der Waals surface area contributed by atoms with Crippen LogP contribution in [0, 0.1) is 0 Å². The minimum atomic E-state index is -0.727. The molecule has 0 amide bonds. The first-order valence-corrected chi connectivity index (χ1v) is 6.47. The Kier molecular flexibility index (Phi) is 4.01. The van der Waals surface area contributed by atoms with Crippen molar-refractivity contribution in [2.75, 3.05) is 6.61 Å². The molecule has 1 fully saturated rings. The summed E-state index contributed by atoms with van der Waals surface area (Å²) < 4.78 is 10.1. The van der Waals surface area contributed by atoms with E-state index in [9.17, 15) is 9.90 Å². The lowest BCUT2D eigenvalue weighted by molar-refractivity contribution is -0.000788. The van der Waals surface area contributed by atoms with Crippen LogP contribution in [0.3, 0.4) is 0 Å². The minimum Gasteiger partial charge on any atom is -0.461 e. The highest BCUT2D eigenvalue weighted by Crippen LogP contribution is 2.30. The number of carbonyl (C=O) groups excluding carboxylic acids is 1. The molecule has 1 saturated carbocycles. The van der Waals surface area contributed by atoms with Crippen molar-refractivity contribution >= 4 is 5.97 Å². The number of ether oxygens (including phenoxy) is 1. The van der Waals surface area contributed by atoms with E-state index in [0.29, 0.717) is 18.9 Å². The molecule has 0 aliphatic heterocycles. The SMILES string of the molecule is CCOC(=O)c1coc(CC2(O)CCCCC2)n1. The zero-order valence-electron chi connectivity index (χ0n) is 10.6. The van der Waals surface area contributed by atoms with Gasteiger partial charge in [0, 0.05) is 0 Å². The van der Waals surface area contributed by atoms with Crippen molar-refractivity contribution in [1.29, 1.82) is 0 Å². The molecule has 0 radical (unpaired) electrons. The van der Waals surface area contributed by atoms with Crippen LogP contribution in [0.2, 0.25) is 0 Å². The third-order valence-corrected chi connectivity index (χ3v) is 3.30. The van der Waals surface area contributed by atoms with Gasteiger partial charge in [0.1, 0.15) is 6.26 Å². The number of carbonyl (C=O) groups is 1. The van der Waals surface area contributed by atoms with Gasteiger partial charge in [0.2, 0.25) is 0 Å². The third-order valence-electron chi connectivity index (χ3n) is 3.30. The highest BCUT2D eigenvalue weighted by molar-refractivity contribution is 5.86. The van der Waals surface area contributed by atoms with E-state index in [1.807, 2.05) is 0 Å². The molecule has 0 saturated heterocycles. The second-order valence-corrected chi connectivity index (χ2v) is 4.81. The molecule has 1 aliphatic rings. The smallest absolute Gasteiger partial charge is 0.360 e. The van der Waals surface area contributed by atoms with Crippen LogP contribution in [0.1, 0.15) is 55.4 Å². The molecule has 1 N–H and O–H groups in total. The van der Waals surface area contributed by atoms with Crippen LogP contribution < -0.4 is 0 Å². The quantitative estimate of drug-likeness (QED) is 0.832. The van der Waals surface area contributed by atoms with Crippen molar-refractivity contribution in [1.82, 2.24) is 4.98 Å². The number of nitrogens with zero attached hydrogens (tertiary/aromatic N) is 1. The second kappa shape index (κ2) is 5.52. The Balaban J connectivity index is 1.99. The van der Waals surface area contributed by atoms with E-state index in [2.05, 4.69) is 4.98 Å². The molecule has 0 atom stereocenters. The maximum absolute atomic E-state index is 11.4. The first-order valence-electron chi connectivity index (χ1n) is 6.47. The number of aliphatic hydroxyl groups is 1.